The third-order valence-electron chi connectivity index (χ3n) is 3.16. The van der Waals surface area contributed by atoms with Crippen molar-refractivity contribution in [2.45, 2.75) is 57.8 Å². The van der Waals surface area contributed by atoms with Crippen molar-refractivity contribution < 1.29 is 14.7 Å². The van der Waals surface area contributed by atoms with Crippen molar-refractivity contribution in [3.8, 4) is 0 Å². The second-order valence-electron chi connectivity index (χ2n) is 5.15. The maximum atomic E-state index is 11.5. The molecule has 21 heavy (non-hydrogen) atoms. The number of aliphatic carboxylic acids is 1. The predicted molar refractivity (Wildman–Crippen MR) is 89.0 cm³/mol. The van der Waals surface area contributed by atoms with Gasteiger partial charge >= 0.3 is 12.0 Å². The summed E-state index contributed by atoms with van der Waals surface area (Å²) in [6.07, 6.45) is 10.6. The van der Waals surface area contributed by atoms with Gasteiger partial charge in [0.05, 0.1) is 0 Å². The van der Waals surface area contributed by atoms with Crippen molar-refractivity contribution >= 4 is 23.8 Å². The van der Waals surface area contributed by atoms with E-state index in [1.54, 1.807) is 0 Å². The molecule has 124 valence electrons. The van der Waals surface area contributed by atoms with Gasteiger partial charge in [-0.15, -0.1) is 0 Å². The first-order valence-corrected chi connectivity index (χ1v) is 9.28. The van der Waals surface area contributed by atoms with Crippen LogP contribution in [0.5, 0.6) is 0 Å². The first-order valence-electron chi connectivity index (χ1n) is 7.89. The molecule has 0 aromatic heterocycles. The van der Waals surface area contributed by atoms with E-state index in [0.29, 0.717) is 6.54 Å². The summed E-state index contributed by atoms with van der Waals surface area (Å²) in [7, 11) is 0. The Hall–Kier alpha value is -0.910. The molecule has 0 rings (SSSR count). The average molecular weight is 318 g/mol. The number of urea groups is 1. The van der Waals surface area contributed by atoms with Gasteiger partial charge in [-0.2, -0.15) is 11.8 Å². The molecule has 0 unspecified atom stereocenters. The molecule has 0 heterocycles. The molecule has 0 saturated carbocycles. The average Bonchev–Trinajstić information content (AvgIpc) is 2.45. The lowest BCUT2D eigenvalue weighted by atomic mass is 10.1. The molecular weight excluding hydrogens is 288 g/mol. The minimum Gasteiger partial charge on any atom is -0.481 e. The van der Waals surface area contributed by atoms with Crippen LogP contribution in [0.15, 0.2) is 0 Å². The van der Waals surface area contributed by atoms with E-state index in [-0.39, 0.29) is 12.5 Å². The zero-order chi connectivity index (χ0) is 15.8. The fourth-order valence-electron chi connectivity index (χ4n) is 1.95. The van der Waals surface area contributed by atoms with Gasteiger partial charge in [0, 0.05) is 19.5 Å². The summed E-state index contributed by atoms with van der Waals surface area (Å²) in [5, 5.41) is 14.2. The number of carbonyl (C=O) groups excluding carboxylic acids is 1. The van der Waals surface area contributed by atoms with E-state index in [0.717, 1.165) is 38.6 Å². The lowest BCUT2D eigenvalue weighted by Gasteiger charge is -2.07. The number of hydrogen-bond acceptors (Lipinski definition) is 3. The van der Waals surface area contributed by atoms with Crippen LogP contribution >= 0.6 is 11.8 Å². The number of rotatable bonds is 14. The molecule has 0 aliphatic carbocycles. The molecule has 6 heteroatoms. The smallest absolute Gasteiger partial charge is 0.314 e. The summed E-state index contributed by atoms with van der Waals surface area (Å²) in [6, 6.07) is -0.0929. The second kappa shape index (κ2) is 15.5. The van der Waals surface area contributed by atoms with Gasteiger partial charge in [0.2, 0.25) is 0 Å². The Bertz CT molecular complexity index is 276. The summed E-state index contributed by atoms with van der Waals surface area (Å²) in [5.41, 5.74) is 0. The van der Waals surface area contributed by atoms with Crippen LogP contribution in [0.1, 0.15) is 57.8 Å². The normalized spacial score (nSPS) is 10.3. The Morgan fingerprint density at radius 2 is 1.38 bits per heavy atom. The van der Waals surface area contributed by atoms with E-state index in [2.05, 4.69) is 16.9 Å². The molecule has 0 aliphatic heterocycles. The molecule has 0 aromatic carbocycles. The first-order chi connectivity index (χ1) is 10.2. The quantitative estimate of drug-likeness (QED) is 0.430. The molecule has 0 aromatic rings. The molecule has 0 spiro atoms. The number of carbonyl (C=O) groups is 2. The molecular formula is C15H30N2O3S. The minimum atomic E-state index is -0.735. The third kappa shape index (κ3) is 17.0. The highest BCUT2D eigenvalue weighted by Gasteiger charge is 1.99. The van der Waals surface area contributed by atoms with Gasteiger partial charge in [0.15, 0.2) is 0 Å². The molecule has 0 atom stereocenters. The van der Waals surface area contributed by atoms with Crippen LogP contribution in [0.3, 0.4) is 0 Å². The lowest BCUT2D eigenvalue weighted by Crippen LogP contribution is -2.36. The minimum absolute atomic E-state index is 0.0929. The van der Waals surface area contributed by atoms with E-state index >= 15 is 0 Å². The fourth-order valence-corrected chi connectivity index (χ4v) is 2.44. The van der Waals surface area contributed by atoms with Crippen molar-refractivity contribution in [2.24, 2.45) is 0 Å². The van der Waals surface area contributed by atoms with Gasteiger partial charge in [-0.25, -0.2) is 4.79 Å². The summed E-state index contributed by atoms with van der Waals surface area (Å²) < 4.78 is 0. The Balaban J connectivity index is 3.18. The van der Waals surface area contributed by atoms with Crippen molar-refractivity contribution in [3.05, 3.63) is 0 Å². The van der Waals surface area contributed by atoms with Gasteiger partial charge in [-0.05, 0) is 37.7 Å². The van der Waals surface area contributed by atoms with Crippen LogP contribution in [-0.4, -0.2) is 42.2 Å². The monoisotopic (exact) mass is 318 g/mol. The van der Waals surface area contributed by atoms with Crippen LogP contribution in [0, 0.1) is 0 Å². The molecule has 3 N–H and O–H groups in total. The maximum absolute atomic E-state index is 11.5. The number of amides is 2. The molecule has 0 saturated heterocycles. The zero-order valence-corrected chi connectivity index (χ0v) is 14.0. The predicted octanol–water partition coefficient (Wildman–Crippen LogP) is 3.24. The molecule has 0 fully saturated rings. The standard InChI is InChI=1S/C15H30N2O3S/c1-21-13-9-5-4-8-12-17-15(20)16-11-7-3-2-6-10-14(18)19/h2-13H2,1H3,(H,18,19)(H2,16,17,20). The SMILES string of the molecule is CSCCCCCCNC(=O)NCCCCCCC(=O)O. The van der Waals surface area contributed by atoms with Crippen LogP contribution in [0.2, 0.25) is 0 Å². The Morgan fingerprint density at radius 3 is 1.90 bits per heavy atom. The number of nitrogens with one attached hydrogen (secondary N) is 2. The number of thioether (sulfide) groups is 1. The molecule has 0 radical (unpaired) electrons. The van der Waals surface area contributed by atoms with Gasteiger partial charge in [-0.3, -0.25) is 4.79 Å². The molecule has 2 amide bonds. The number of carboxylic acids is 1. The highest BCUT2D eigenvalue weighted by Crippen LogP contribution is 2.04. The van der Waals surface area contributed by atoms with Crippen molar-refractivity contribution in [2.75, 3.05) is 25.1 Å². The van der Waals surface area contributed by atoms with Crippen LogP contribution in [0.4, 0.5) is 4.79 Å². The summed E-state index contributed by atoms with van der Waals surface area (Å²) in [4.78, 5) is 21.8. The summed E-state index contributed by atoms with van der Waals surface area (Å²) >= 11 is 1.88. The van der Waals surface area contributed by atoms with Crippen molar-refractivity contribution in [1.82, 2.24) is 10.6 Å². The van der Waals surface area contributed by atoms with Crippen LogP contribution < -0.4 is 10.6 Å². The van der Waals surface area contributed by atoms with Gasteiger partial charge < -0.3 is 15.7 Å². The fraction of sp³-hybridized carbons (Fsp3) is 0.867. The van der Waals surface area contributed by atoms with Crippen LogP contribution in [-0.2, 0) is 4.79 Å². The Kier molecular flexibility index (Phi) is 14.8. The Morgan fingerprint density at radius 1 is 0.857 bits per heavy atom. The molecule has 0 bridgehead atoms. The number of unbranched alkanes of at least 4 members (excludes halogenated alkanes) is 6. The van der Waals surface area contributed by atoms with Crippen molar-refractivity contribution in [3.63, 3.8) is 0 Å². The van der Waals surface area contributed by atoms with E-state index in [9.17, 15) is 9.59 Å². The van der Waals surface area contributed by atoms with E-state index in [4.69, 9.17) is 5.11 Å². The maximum Gasteiger partial charge on any atom is 0.314 e. The zero-order valence-electron chi connectivity index (χ0n) is 13.2. The Labute approximate surface area is 132 Å². The topological polar surface area (TPSA) is 78.4 Å². The number of hydrogen-bond donors (Lipinski definition) is 3. The highest BCUT2D eigenvalue weighted by molar-refractivity contribution is 7.98. The largest absolute Gasteiger partial charge is 0.481 e. The van der Waals surface area contributed by atoms with Gasteiger partial charge in [0.25, 0.3) is 0 Å². The van der Waals surface area contributed by atoms with Gasteiger partial charge in [-0.1, -0.05) is 25.7 Å². The molecule has 5 nitrogen and oxygen atoms in total. The van der Waals surface area contributed by atoms with Gasteiger partial charge in [0.1, 0.15) is 0 Å². The van der Waals surface area contributed by atoms with E-state index in [1.165, 1.54) is 25.0 Å². The third-order valence-corrected chi connectivity index (χ3v) is 3.86. The van der Waals surface area contributed by atoms with E-state index in [1.807, 2.05) is 11.8 Å². The summed E-state index contributed by atoms with van der Waals surface area (Å²) in [6.45, 7) is 1.40. The highest BCUT2D eigenvalue weighted by atomic mass is 32.2. The van der Waals surface area contributed by atoms with Crippen molar-refractivity contribution in [1.29, 1.82) is 0 Å². The first kappa shape index (κ1) is 20.1. The second-order valence-corrected chi connectivity index (χ2v) is 6.13. The number of carboxylic acid groups (broad SMARTS) is 1. The lowest BCUT2D eigenvalue weighted by molar-refractivity contribution is -0.137. The van der Waals surface area contributed by atoms with Crippen LogP contribution in [0.25, 0.3) is 0 Å². The summed E-state index contributed by atoms with van der Waals surface area (Å²) in [5.74, 6) is 0.487. The van der Waals surface area contributed by atoms with E-state index < -0.39 is 5.97 Å². The molecule has 0 aliphatic rings.